The van der Waals surface area contributed by atoms with Gasteiger partial charge in [-0.3, -0.25) is 9.69 Å². The highest BCUT2D eigenvalue weighted by Gasteiger charge is 2.48. The fourth-order valence-electron chi connectivity index (χ4n) is 3.66. The number of nitrogens with zero attached hydrogens (tertiary/aromatic N) is 2. The van der Waals surface area contributed by atoms with Crippen molar-refractivity contribution in [1.29, 1.82) is 0 Å². The first-order chi connectivity index (χ1) is 13.1. The third-order valence-corrected chi connectivity index (χ3v) is 5.04. The second-order valence-corrected chi connectivity index (χ2v) is 6.60. The summed E-state index contributed by atoms with van der Waals surface area (Å²) in [5.74, 6) is 1.15. The number of aromatic amines is 1. The fraction of sp³-hybridized carbons (Fsp3) is 0.368. The Morgan fingerprint density at radius 2 is 2.04 bits per heavy atom. The van der Waals surface area contributed by atoms with Crippen LogP contribution in [0.5, 0.6) is 11.5 Å². The van der Waals surface area contributed by atoms with E-state index in [-0.39, 0.29) is 24.1 Å². The molecular formula is C19H21N3O5. The number of H-pyrrole nitrogens is 1. The van der Waals surface area contributed by atoms with E-state index in [0.717, 1.165) is 5.56 Å². The lowest BCUT2D eigenvalue weighted by Gasteiger charge is -2.22. The standard InChI is InChI=1S/C19H21N3O5/c1-25-15-6-5-12(8-16(15)26-2)9-22-14-10-21(11-17(14)27-19(22)24)18(23)13-4-3-7-20-13/h3-8,14,17,20H,9-11H2,1-2H3/t14-,17+/m1/s1. The van der Waals surface area contributed by atoms with Crippen molar-refractivity contribution in [3.8, 4) is 11.5 Å². The first kappa shape index (κ1) is 17.3. The minimum Gasteiger partial charge on any atom is -0.493 e. The van der Waals surface area contributed by atoms with Crippen LogP contribution in [0.25, 0.3) is 0 Å². The number of hydrogen-bond acceptors (Lipinski definition) is 5. The van der Waals surface area contributed by atoms with E-state index in [4.69, 9.17) is 14.2 Å². The summed E-state index contributed by atoms with van der Waals surface area (Å²) in [6.07, 6.45) is 1.05. The zero-order valence-electron chi connectivity index (χ0n) is 15.2. The molecule has 1 aromatic heterocycles. The Bertz CT molecular complexity index is 851. The quantitative estimate of drug-likeness (QED) is 0.868. The minimum atomic E-state index is -0.355. The molecule has 2 amide bonds. The molecule has 1 aromatic carbocycles. The highest BCUT2D eigenvalue weighted by molar-refractivity contribution is 5.93. The SMILES string of the molecule is COc1ccc(CN2C(=O)O[C@H]3CN(C(=O)c4ccc[nH]4)C[C@H]32)cc1OC. The second kappa shape index (κ2) is 6.86. The predicted molar refractivity (Wildman–Crippen MR) is 95.8 cm³/mol. The highest BCUT2D eigenvalue weighted by atomic mass is 16.6. The lowest BCUT2D eigenvalue weighted by molar-refractivity contribution is 0.0722. The average Bonchev–Trinajstić information content (AvgIpc) is 3.40. The molecule has 2 aromatic rings. The van der Waals surface area contributed by atoms with Crippen molar-refractivity contribution < 1.29 is 23.8 Å². The number of aromatic nitrogens is 1. The Hall–Kier alpha value is -3.16. The van der Waals surface area contributed by atoms with Gasteiger partial charge in [0.05, 0.1) is 26.8 Å². The average molecular weight is 371 g/mol. The van der Waals surface area contributed by atoms with E-state index in [1.54, 1.807) is 42.3 Å². The molecule has 2 saturated heterocycles. The number of ether oxygens (including phenoxy) is 3. The van der Waals surface area contributed by atoms with Gasteiger partial charge in [0.25, 0.3) is 5.91 Å². The van der Waals surface area contributed by atoms with E-state index in [2.05, 4.69) is 4.98 Å². The number of hydrogen-bond donors (Lipinski definition) is 1. The zero-order chi connectivity index (χ0) is 19.0. The number of rotatable bonds is 5. The van der Waals surface area contributed by atoms with Crippen LogP contribution < -0.4 is 9.47 Å². The van der Waals surface area contributed by atoms with Gasteiger partial charge in [-0.15, -0.1) is 0 Å². The molecule has 0 spiro atoms. The molecule has 4 rings (SSSR count). The Labute approximate surface area is 156 Å². The molecule has 0 aliphatic carbocycles. The molecule has 2 aliphatic rings. The van der Waals surface area contributed by atoms with Crippen LogP contribution in [-0.2, 0) is 11.3 Å². The summed E-state index contributed by atoms with van der Waals surface area (Å²) in [6.45, 7) is 1.23. The topological polar surface area (TPSA) is 84.1 Å². The third-order valence-electron chi connectivity index (χ3n) is 5.04. The molecule has 0 radical (unpaired) electrons. The molecular weight excluding hydrogens is 350 g/mol. The Morgan fingerprint density at radius 3 is 2.74 bits per heavy atom. The summed E-state index contributed by atoms with van der Waals surface area (Å²) in [4.78, 5) is 31.2. The molecule has 8 heteroatoms. The first-order valence-electron chi connectivity index (χ1n) is 8.71. The van der Waals surface area contributed by atoms with Crippen LogP contribution in [0.15, 0.2) is 36.5 Å². The molecule has 2 fully saturated rings. The largest absolute Gasteiger partial charge is 0.493 e. The summed E-state index contributed by atoms with van der Waals surface area (Å²) in [6, 6.07) is 8.90. The van der Waals surface area contributed by atoms with Crippen molar-refractivity contribution in [3.05, 3.63) is 47.8 Å². The number of fused-ring (bicyclic) bond motifs is 1. The Morgan fingerprint density at radius 1 is 1.22 bits per heavy atom. The molecule has 2 aliphatic heterocycles. The van der Waals surface area contributed by atoms with Gasteiger partial charge < -0.3 is 24.1 Å². The maximum Gasteiger partial charge on any atom is 0.410 e. The molecule has 142 valence electrons. The van der Waals surface area contributed by atoms with E-state index >= 15 is 0 Å². The molecule has 1 N–H and O–H groups in total. The smallest absolute Gasteiger partial charge is 0.410 e. The van der Waals surface area contributed by atoms with Crippen molar-refractivity contribution in [3.63, 3.8) is 0 Å². The number of benzene rings is 1. The molecule has 0 bridgehead atoms. The normalized spacial score (nSPS) is 21.2. The monoisotopic (exact) mass is 371 g/mol. The molecule has 3 heterocycles. The Kier molecular flexibility index (Phi) is 4.39. The van der Waals surface area contributed by atoms with Gasteiger partial charge in [-0.05, 0) is 29.8 Å². The van der Waals surface area contributed by atoms with Gasteiger partial charge in [-0.2, -0.15) is 0 Å². The Balaban J connectivity index is 1.49. The summed E-state index contributed by atoms with van der Waals surface area (Å²) >= 11 is 0. The van der Waals surface area contributed by atoms with E-state index in [1.807, 2.05) is 18.2 Å². The van der Waals surface area contributed by atoms with Crippen LogP contribution in [0.2, 0.25) is 0 Å². The zero-order valence-corrected chi connectivity index (χ0v) is 15.2. The fourth-order valence-corrected chi connectivity index (χ4v) is 3.66. The molecule has 27 heavy (non-hydrogen) atoms. The maximum atomic E-state index is 12.5. The van der Waals surface area contributed by atoms with E-state index < -0.39 is 0 Å². The number of nitrogens with one attached hydrogen (secondary N) is 1. The van der Waals surface area contributed by atoms with Gasteiger partial charge in [0.2, 0.25) is 0 Å². The highest BCUT2D eigenvalue weighted by Crippen LogP contribution is 2.32. The third kappa shape index (κ3) is 3.07. The van der Waals surface area contributed by atoms with Crippen LogP contribution in [0.3, 0.4) is 0 Å². The van der Waals surface area contributed by atoms with Crippen molar-refractivity contribution in [2.24, 2.45) is 0 Å². The van der Waals surface area contributed by atoms with Gasteiger partial charge in [0, 0.05) is 19.3 Å². The van der Waals surface area contributed by atoms with E-state index in [1.165, 1.54) is 0 Å². The number of amides is 2. The van der Waals surface area contributed by atoms with Crippen LogP contribution in [-0.4, -0.2) is 66.2 Å². The first-order valence-corrected chi connectivity index (χ1v) is 8.71. The van der Waals surface area contributed by atoms with Gasteiger partial charge in [0.15, 0.2) is 11.5 Å². The molecule has 0 unspecified atom stereocenters. The van der Waals surface area contributed by atoms with Gasteiger partial charge in [-0.25, -0.2) is 4.79 Å². The second-order valence-electron chi connectivity index (χ2n) is 6.60. The lowest BCUT2D eigenvalue weighted by atomic mass is 10.1. The van der Waals surface area contributed by atoms with Crippen LogP contribution in [0.4, 0.5) is 4.79 Å². The molecule has 0 saturated carbocycles. The number of carbonyl (C=O) groups is 2. The summed E-state index contributed by atoms with van der Waals surface area (Å²) in [5, 5.41) is 0. The van der Waals surface area contributed by atoms with Crippen molar-refractivity contribution in [1.82, 2.24) is 14.8 Å². The van der Waals surface area contributed by atoms with Crippen LogP contribution in [0, 0.1) is 0 Å². The minimum absolute atomic E-state index is 0.0866. The number of methoxy groups -OCH3 is 2. The van der Waals surface area contributed by atoms with Gasteiger partial charge in [0.1, 0.15) is 11.8 Å². The molecule has 8 nitrogen and oxygen atoms in total. The maximum absolute atomic E-state index is 12.5. The molecule has 2 atom stereocenters. The van der Waals surface area contributed by atoms with Gasteiger partial charge >= 0.3 is 6.09 Å². The van der Waals surface area contributed by atoms with Crippen LogP contribution in [0.1, 0.15) is 16.1 Å². The summed E-state index contributed by atoms with van der Waals surface area (Å²) in [7, 11) is 3.15. The summed E-state index contributed by atoms with van der Waals surface area (Å²) < 4.78 is 16.1. The summed E-state index contributed by atoms with van der Waals surface area (Å²) in [5.41, 5.74) is 1.44. The van der Waals surface area contributed by atoms with E-state index in [0.29, 0.717) is 36.8 Å². The van der Waals surface area contributed by atoms with Crippen molar-refractivity contribution in [2.45, 2.75) is 18.7 Å². The predicted octanol–water partition coefficient (Wildman–Crippen LogP) is 1.88. The number of likely N-dealkylation sites (tertiary alicyclic amines) is 1. The van der Waals surface area contributed by atoms with Gasteiger partial charge in [-0.1, -0.05) is 6.07 Å². The van der Waals surface area contributed by atoms with Crippen molar-refractivity contribution in [2.75, 3.05) is 27.3 Å². The van der Waals surface area contributed by atoms with E-state index in [9.17, 15) is 9.59 Å². The lowest BCUT2D eigenvalue weighted by Crippen LogP contribution is -2.38. The van der Waals surface area contributed by atoms with Crippen molar-refractivity contribution >= 4 is 12.0 Å². The van der Waals surface area contributed by atoms with Crippen LogP contribution >= 0.6 is 0 Å². The number of carbonyl (C=O) groups excluding carboxylic acids is 2.